The Morgan fingerprint density at radius 1 is 1.50 bits per heavy atom. The van der Waals surface area contributed by atoms with Gasteiger partial charge >= 0.3 is 12.0 Å². The first-order chi connectivity index (χ1) is 8.63. The van der Waals surface area contributed by atoms with Crippen molar-refractivity contribution in [2.75, 3.05) is 19.6 Å². The summed E-state index contributed by atoms with van der Waals surface area (Å²) >= 11 is 0. The van der Waals surface area contributed by atoms with Gasteiger partial charge in [0.1, 0.15) is 0 Å². The van der Waals surface area contributed by atoms with Gasteiger partial charge in [-0.15, -0.1) is 5.10 Å². The van der Waals surface area contributed by atoms with Gasteiger partial charge in [-0.3, -0.25) is 0 Å². The summed E-state index contributed by atoms with van der Waals surface area (Å²) in [4.78, 5) is 23.9. The van der Waals surface area contributed by atoms with Crippen LogP contribution < -0.4 is 5.32 Å². The fourth-order valence-electron chi connectivity index (χ4n) is 1.97. The van der Waals surface area contributed by atoms with Gasteiger partial charge in [0.05, 0.1) is 12.2 Å². The van der Waals surface area contributed by atoms with Crippen LogP contribution in [0.2, 0.25) is 0 Å². The molecule has 2 N–H and O–H groups in total. The molecule has 1 fully saturated rings. The van der Waals surface area contributed by atoms with Gasteiger partial charge in [-0.2, -0.15) is 0 Å². The quantitative estimate of drug-likeness (QED) is 0.741. The first-order valence-electron chi connectivity index (χ1n) is 5.82. The smallest absolute Gasteiger partial charge is 0.358 e. The van der Waals surface area contributed by atoms with Gasteiger partial charge in [0, 0.05) is 19.6 Å². The highest BCUT2D eigenvalue weighted by Gasteiger charge is 2.21. The van der Waals surface area contributed by atoms with Crippen molar-refractivity contribution in [2.24, 2.45) is 0 Å². The van der Waals surface area contributed by atoms with Crippen molar-refractivity contribution >= 4 is 12.0 Å². The number of carbonyl (C=O) groups excluding carboxylic acids is 1. The normalized spacial score (nSPS) is 14.9. The highest BCUT2D eigenvalue weighted by molar-refractivity contribution is 5.86. The van der Waals surface area contributed by atoms with E-state index in [0.717, 1.165) is 0 Å². The molecular formula is C10H15N5O3. The molecule has 0 bridgehead atoms. The SMILES string of the molecule is CCc1c(C(=O)O)nnn1CCN1CCNC1=O. The molecule has 0 aliphatic carbocycles. The van der Waals surface area contributed by atoms with Crippen LogP contribution in [0.25, 0.3) is 0 Å². The molecule has 2 heterocycles. The Morgan fingerprint density at radius 2 is 2.28 bits per heavy atom. The van der Waals surface area contributed by atoms with Gasteiger partial charge in [-0.05, 0) is 6.42 Å². The van der Waals surface area contributed by atoms with Crippen LogP contribution in [0.1, 0.15) is 23.1 Å². The van der Waals surface area contributed by atoms with E-state index in [1.54, 1.807) is 9.58 Å². The average Bonchev–Trinajstić information content (AvgIpc) is 2.92. The molecule has 1 aliphatic rings. The fraction of sp³-hybridized carbons (Fsp3) is 0.600. The lowest BCUT2D eigenvalue weighted by Crippen LogP contribution is -2.31. The standard InChI is InChI=1S/C10H15N5O3/c1-2-7-8(9(16)17)12-13-15(7)6-5-14-4-3-11-10(14)18/h2-6H2,1H3,(H,11,18)(H,16,17). The van der Waals surface area contributed by atoms with Gasteiger partial charge in [-0.25, -0.2) is 14.3 Å². The lowest BCUT2D eigenvalue weighted by Gasteiger charge is -2.14. The second-order valence-corrected chi connectivity index (χ2v) is 3.99. The number of urea groups is 1. The number of carboxylic acid groups (broad SMARTS) is 1. The Labute approximate surface area is 104 Å². The Bertz CT molecular complexity index is 470. The first kappa shape index (κ1) is 12.3. The number of hydrogen-bond donors (Lipinski definition) is 2. The maximum Gasteiger partial charge on any atom is 0.358 e. The molecule has 98 valence electrons. The third kappa shape index (κ3) is 2.27. The largest absolute Gasteiger partial charge is 0.476 e. The Kier molecular flexibility index (Phi) is 3.45. The molecule has 2 amide bonds. The molecular weight excluding hydrogens is 238 g/mol. The third-order valence-corrected chi connectivity index (χ3v) is 2.90. The van der Waals surface area contributed by atoms with Crippen molar-refractivity contribution in [2.45, 2.75) is 19.9 Å². The maximum atomic E-state index is 11.3. The second-order valence-electron chi connectivity index (χ2n) is 3.99. The molecule has 1 aliphatic heterocycles. The summed E-state index contributed by atoms with van der Waals surface area (Å²) in [5.74, 6) is -1.07. The molecule has 1 aromatic rings. The topological polar surface area (TPSA) is 100 Å². The number of carboxylic acids is 1. The van der Waals surface area contributed by atoms with Gasteiger partial charge in [0.15, 0.2) is 5.69 Å². The molecule has 0 unspecified atom stereocenters. The molecule has 0 spiro atoms. The Morgan fingerprint density at radius 3 is 2.83 bits per heavy atom. The predicted octanol–water partition coefficient (Wildman–Crippen LogP) is -0.436. The number of rotatable bonds is 5. The van der Waals surface area contributed by atoms with Gasteiger partial charge < -0.3 is 15.3 Å². The molecule has 8 nitrogen and oxygen atoms in total. The van der Waals surface area contributed by atoms with Crippen molar-refractivity contribution < 1.29 is 14.7 Å². The van der Waals surface area contributed by atoms with Crippen LogP contribution in [0.5, 0.6) is 0 Å². The van der Waals surface area contributed by atoms with Gasteiger partial charge in [0.2, 0.25) is 0 Å². The third-order valence-electron chi connectivity index (χ3n) is 2.90. The summed E-state index contributed by atoms with van der Waals surface area (Å²) in [6.45, 7) is 4.13. The number of aromatic carboxylic acids is 1. The minimum atomic E-state index is -1.07. The minimum Gasteiger partial charge on any atom is -0.476 e. The van der Waals surface area contributed by atoms with E-state index in [1.165, 1.54) is 0 Å². The van der Waals surface area contributed by atoms with E-state index in [0.29, 0.717) is 38.3 Å². The number of nitrogens with zero attached hydrogens (tertiary/aromatic N) is 4. The summed E-state index contributed by atoms with van der Waals surface area (Å²) in [6, 6.07) is -0.0911. The zero-order chi connectivity index (χ0) is 13.1. The van der Waals surface area contributed by atoms with Crippen molar-refractivity contribution in [3.05, 3.63) is 11.4 Å². The zero-order valence-electron chi connectivity index (χ0n) is 10.1. The molecule has 0 atom stereocenters. The van der Waals surface area contributed by atoms with E-state index in [4.69, 9.17) is 5.11 Å². The molecule has 18 heavy (non-hydrogen) atoms. The predicted molar refractivity (Wildman–Crippen MR) is 61.3 cm³/mol. The number of hydrogen-bond acceptors (Lipinski definition) is 4. The van der Waals surface area contributed by atoms with Crippen molar-refractivity contribution in [1.82, 2.24) is 25.2 Å². The molecule has 1 aromatic heterocycles. The van der Waals surface area contributed by atoms with E-state index in [1.807, 2.05) is 6.92 Å². The van der Waals surface area contributed by atoms with Crippen molar-refractivity contribution in [1.29, 1.82) is 0 Å². The number of aromatic nitrogens is 3. The van der Waals surface area contributed by atoms with Crippen LogP contribution in [0, 0.1) is 0 Å². The lowest BCUT2D eigenvalue weighted by atomic mass is 10.2. The van der Waals surface area contributed by atoms with Crippen LogP contribution in [-0.4, -0.2) is 56.6 Å². The van der Waals surface area contributed by atoms with Crippen LogP contribution in [0.15, 0.2) is 0 Å². The molecule has 0 saturated carbocycles. The van der Waals surface area contributed by atoms with Crippen LogP contribution >= 0.6 is 0 Å². The number of carbonyl (C=O) groups is 2. The van der Waals surface area contributed by atoms with E-state index in [9.17, 15) is 9.59 Å². The van der Waals surface area contributed by atoms with Crippen LogP contribution in [0.3, 0.4) is 0 Å². The highest BCUT2D eigenvalue weighted by Crippen LogP contribution is 2.07. The number of nitrogens with one attached hydrogen (secondary N) is 1. The summed E-state index contributed by atoms with van der Waals surface area (Å²) in [5.41, 5.74) is 0.575. The summed E-state index contributed by atoms with van der Waals surface area (Å²) < 4.78 is 1.55. The zero-order valence-corrected chi connectivity index (χ0v) is 10.1. The van der Waals surface area contributed by atoms with Gasteiger partial charge in [0.25, 0.3) is 0 Å². The average molecular weight is 253 g/mol. The molecule has 2 rings (SSSR count). The number of amides is 2. The summed E-state index contributed by atoms with van der Waals surface area (Å²) in [5, 5.41) is 19.1. The summed E-state index contributed by atoms with van der Waals surface area (Å²) in [7, 11) is 0. The van der Waals surface area contributed by atoms with Gasteiger partial charge in [-0.1, -0.05) is 12.1 Å². The molecule has 1 saturated heterocycles. The Balaban J connectivity index is 2.05. The van der Waals surface area contributed by atoms with Crippen molar-refractivity contribution in [3.63, 3.8) is 0 Å². The van der Waals surface area contributed by atoms with Crippen molar-refractivity contribution in [3.8, 4) is 0 Å². The van der Waals surface area contributed by atoms with E-state index in [2.05, 4.69) is 15.6 Å². The van der Waals surface area contributed by atoms with E-state index >= 15 is 0 Å². The van der Waals surface area contributed by atoms with E-state index < -0.39 is 5.97 Å². The Hall–Kier alpha value is -2.12. The lowest BCUT2D eigenvalue weighted by molar-refractivity contribution is 0.0689. The molecule has 0 aromatic carbocycles. The fourth-order valence-corrected chi connectivity index (χ4v) is 1.97. The monoisotopic (exact) mass is 253 g/mol. The first-order valence-corrected chi connectivity index (χ1v) is 5.82. The van der Waals surface area contributed by atoms with Crippen LogP contribution in [-0.2, 0) is 13.0 Å². The molecule has 8 heteroatoms. The van der Waals surface area contributed by atoms with E-state index in [-0.39, 0.29) is 11.7 Å². The summed E-state index contributed by atoms with van der Waals surface area (Å²) in [6.07, 6.45) is 0.542. The highest BCUT2D eigenvalue weighted by atomic mass is 16.4. The minimum absolute atomic E-state index is 0.0108. The maximum absolute atomic E-state index is 11.3. The second kappa shape index (κ2) is 5.03. The van der Waals surface area contributed by atoms with Crippen LogP contribution in [0.4, 0.5) is 4.79 Å². The molecule has 0 radical (unpaired) electrons.